The Hall–Kier alpha value is -2.88. The summed E-state index contributed by atoms with van der Waals surface area (Å²) in [6.45, 7) is 4.72. The fourth-order valence-corrected chi connectivity index (χ4v) is 2.29. The van der Waals surface area contributed by atoms with Crippen LogP contribution in [0.1, 0.15) is 41.3 Å². The minimum atomic E-state index is -0.269. The molecule has 2 N–H and O–H groups in total. The maximum Gasteiger partial charge on any atom is 0.253 e. The van der Waals surface area contributed by atoms with Gasteiger partial charge in [-0.25, -0.2) is 0 Å². The predicted octanol–water partition coefficient (Wildman–Crippen LogP) is 4.18. The molecule has 0 atom stereocenters. The first-order valence-corrected chi connectivity index (χ1v) is 8.53. The van der Waals surface area contributed by atoms with Crippen LogP contribution in [0.15, 0.2) is 54.6 Å². The lowest BCUT2D eigenvalue weighted by Gasteiger charge is -2.10. The van der Waals surface area contributed by atoms with Gasteiger partial charge in [0.05, 0.1) is 11.3 Å². The molecule has 0 aliphatic heterocycles. The van der Waals surface area contributed by atoms with E-state index in [9.17, 15) is 9.59 Å². The molecule has 25 heavy (non-hydrogen) atoms. The molecule has 0 saturated carbocycles. The second-order valence-electron chi connectivity index (χ2n) is 5.89. The molecule has 0 heterocycles. The molecule has 0 aromatic heterocycles. The number of aryl methyl sites for hydroxylation is 1. The highest BCUT2D eigenvalue weighted by molar-refractivity contribution is 6.07. The number of hydrogen-bond acceptors (Lipinski definition) is 2. The van der Waals surface area contributed by atoms with Crippen LogP contribution in [-0.4, -0.2) is 18.4 Å². The van der Waals surface area contributed by atoms with Crippen molar-refractivity contribution in [3.63, 3.8) is 0 Å². The van der Waals surface area contributed by atoms with E-state index in [4.69, 9.17) is 0 Å². The van der Waals surface area contributed by atoms with E-state index in [-0.39, 0.29) is 11.8 Å². The number of hydrogen-bond donors (Lipinski definition) is 2. The van der Waals surface area contributed by atoms with Crippen LogP contribution >= 0.6 is 0 Å². The maximum absolute atomic E-state index is 12.3. The Bertz CT molecular complexity index is 749. The third-order valence-electron chi connectivity index (χ3n) is 3.75. The van der Waals surface area contributed by atoms with Gasteiger partial charge in [0, 0.05) is 12.6 Å². The second-order valence-corrected chi connectivity index (χ2v) is 5.89. The van der Waals surface area contributed by atoms with E-state index in [1.807, 2.05) is 31.2 Å². The molecule has 0 bridgehead atoms. The summed E-state index contributed by atoms with van der Waals surface area (Å²) in [4.78, 5) is 24.4. The summed E-state index contributed by atoms with van der Waals surface area (Å²) in [5.41, 5.74) is 3.10. The number of carbonyl (C=O) groups is 2. The van der Waals surface area contributed by atoms with Crippen molar-refractivity contribution in [3.8, 4) is 0 Å². The van der Waals surface area contributed by atoms with E-state index < -0.39 is 0 Å². The van der Waals surface area contributed by atoms with Crippen LogP contribution in [0.5, 0.6) is 0 Å². The zero-order valence-electron chi connectivity index (χ0n) is 14.7. The number of benzene rings is 2. The molecule has 2 aromatic carbocycles. The number of amides is 2. The highest BCUT2D eigenvalue weighted by atomic mass is 16.2. The second kappa shape index (κ2) is 9.42. The minimum Gasteiger partial charge on any atom is -0.352 e. The molecule has 0 aliphatic carbocycles. The first-order valence-electron chi connectivity index (χ1n) is 8.53. The van der Waals surface area contributed by atoms with Gasteiger partial charge in [0.2, 0.25) is 5.91 Å². The van der Waals surface area contributed by atoms with Crippen molar-refractivity contribution in [3.05, 3.63) is 71.3 Å². The van der Waals surface area contributed by atoms with E-state index >= 15 is 0 Å². The fraction of sp³-hybridized carbons (Fsp3) is 0.238. The van der Waals surface area contributed by atoms with E-state index in [1.54, 1.807) is 30.3 Å². The van der Waals surface area contributed by atoms with Gasteiger partial charge in [-0.15, -0.1) is 0 Å². The normalized spacial score (nSPS) is 10.6. The molecule has 4 heteroatoms. The van der Waals surface area contributed by atoms with Crippen LogP contribution in [-0.2, 0) is 4.79 Å². The van der Waals surface area contributed by atoms with E-state index in [1.165, 1.54) is 11.6 Å². The van der Waals surface area contributed by atoms with Crippen molar-refractivity contribution < 1.29 is 9.59 Å². The molecule has 2 rings (SSSR count). The van der Waals surface area contributed by atoms with Gasteiger partial charge < -0.3 is 10.6 Å². The minimum absolute atomic E-state index is 0.174. The average molecular weight is 336 g/mol. The molecule has 0 saturated heterocycles. The van der Waals surface area contributed by atoms with Crippen molar-refractivity contribution in [2.75, 3.05) is 11.9 Å². The highest BCUT2D eigenvalue weighted by Gasteiger charge is 2.11. The number of para-hydroxylation sites is 1. The van der Waals surface area contributed by atoms with Crippen molar-refractivity contribution in [1.82, 2.24) is 5.32 Å². The summed E-state index contributed by atoms with van der Waals surface area (Å²) in [6.07, 6.45) is 5.16. The standard InChI is InChI=1S/C21H24N2O2/c1-3-4-15-22-21(25)18-7-5-6-8-19(18)23-20(24)14-13-17-11-9-16(2)10-12-17/h5-14H,3-4,15H2,1-2H3,(H,22,25)(H,23,24)/b14-13+. The zero-order valence-corrected chi connectivity index (χ0v) is 14.7. The summed E-state index contributed by atoms with van der Waals surface area (Å²) < 4.78 is 0. The lowest BCUT2D eigenvalue weighted by molar-refractivity contribution is -0.111. The Labute approximate surface area is 149 Å². The van der Waals surface area contributed by atoms with Gasteiger partial charge in [0.15, 0.2) is 0 Å². The monoisotopic (exact) mass is 336 g/mol. The maximum atomic E-state index is 12.3. The van der Waals surface area contributed by atoms with Gasteiger partial charge in [0.1, 0.15) is 0 Å². The Kier molecular flexibility index (Phi) is 6.96. The number of carbonyl (C=O) groups excluding carboxylic acids is 2. The van der Waals surface area contributed by atoms with Gasteiger partial charge in [-0.05, 0) is 37.1 Å². The molecule has 4 nitrogen and oxygen atoms in total. The lowest BCUT2D eigenvalue weighted by atomic mass is 10.1. The van der Waals surface area contributed by atoms with Gasteiger partial charge in [0.25, 0.3) is 5.91 Å². The van der Waals surface area contributed by atoms with E-state index in [2.05, 4.69) is 17.6 Å². The first-order chi connectivity index (χ1) is 12.1. The molecule has 0 aliphatic rings. The molecule has 2 aromatic rings. The van der Waals surface area contributed by atoms with Gasteiger partial charge in [-0.3, -0.25) is 9.59 Å². The van der Waals surface area contributed by atoms with E-state index in [0.29, 0.717) is 17.8 Å². The largest absolute Gasteiger partial charge is 0.352 e. The molecular formula is C21H24N2O2. The molecule has 0 fully saturated rings. The Balaban J connectivity index is 2.02. The van der Waals surface area contributed by atoms with Crippen LogP contribution in [0, 0.1) is 6.92 Å². The third-order valence-corrected chi connectivity index (χ3v) is 3.75. The lowest BCUT2D eigenvalue weighted by Crippen LogP contribution is -2.25. The van der Waals surface area contributed by atoms with Crippen molar-refractivity contribution in [1.29, 1.82) is 0 Å². The fourth-order valence-electron chi connectivity index (χ4n) is 2.29. The van der Waals surface area contributed by atoms with Crippen LogP contribution < -0.4 is 10.6 Å². The average Bonchev–Trinajstić information content (AvgIpc) is 2.62. The van der Waals surface area contributed by atoms with Crippen LogP contribution in [0.2, 0.25) is 0 Å². The summed E-state index contributed by atoms with van der Waals surface area (Å²) in [5.74, 6) is -0.443. The first kappa shape index (κ1) is 18.5. The van der Waals surface area contributed by atoms with Gasteiger partial charge in [-0.2, -0.15) is 0 Å². The predicted molar refractivity (Wildman–Crippen MR) is 103 cm³/mol. The zero-order chi connectivity index (χ0) is 18.1. The third kappa shape index (κ3) is 5.92. The number of anilines is 1. The topological polar surface area (TPSA) is 58.2 Å². The Morgan fingerprint density at radius 2 is 1.76 bits per heavy atom. The number of nitrogens with one attached hydrogen (secondary N) is 2. The van der Waals surface area contributed by atoms with Crippen molar-refractivity contribution in [2.24, 2.45) is 0 Å². The Morgan fingerprint density at radius 1 is 1.04 bits per heavy atom. The van der Waals surface area contributed by atoms with Crippen LogP contribution in [0.4, 0.5) is 5.69 Å². The quantitative estimate of drug-likeness (QED) is 0.589. The molecule has 0 spiro atoms. The number of rotatable bonds is 7. The summed E-state index contributed by atoms with van der Waals surface area (Å²) >= 11 is 0. The van der Waals surface area contributed by atoms with Crippen molar-refractivity contribution >= 4 is 23.6 Å². The summed E-state index contributed by atoms with van der Waals surface area (Å²) in [6, 6.07) is 14.9. The van der Waals surface area contributed by atoms with Crippen molar-refractivity contribution in [2.45, 2.75) is 26.7 Å². The molecule has 0 radical (unpaired) electrons. The molecule has 2 amide bonds. The van der Waals surface area contributed by atoms with Gasteiger partial charge >= 0.3 is 0 Å². The molecular weight excluding hydrogens is 312 g/mol. The molecule has 130 valence electrons. The Morgan fingerprint density at radius 3 is 2.48 bits per heavy atom. The highest BCUT2D eigenvalue weighted by Crippen LogP contribution is 2.15. The number of unbranched alkanes of at least 4 members (excludes halogenated alkanes) is 1. The van der Waals surface area contributed by atoms with Gasteiger partial charge in [-0.1, -0.05) is 55.3 Å². The molecule has 0 unspecified atom stereocenters. The smallest absolute Gasteiger partial charge is 0.253 e. The van der Waals surface area contributed by atoms with Crippen LogP contribution in [0.3, 0.4) is 0 Å². The SMILES string of the molecule is CCCCNC(=O)c1ccccc1NC(=O)/C=C/c1ccc(C)cc1. The van der Waals surface area contributed by atoms with Crippen LogP contribution in [0.25, 0.3) is 6.08 Å². The summed E-state index contributed by atoms with van der Waals surface area (Å²) in [7, 11) is 0. The summed E-state index contributed by atoms with van der Waals surface area (Å²) in [5, 5.41) is 5.65. The van der Waals surface area contributed by atoms with E-state index in [0.717, 1.165) is 18.4 Å².